The monoisotopic (exact) mass is 354 g/mol. The van der Waals surface area contributed by atoms with Crippen LogP contribution in [-0.2, 0) is 0 Å². The molecule has 3 aromatic rings. The molecule has 0 bridgehead atoms. The zero-order valence-corrected chi connectivity index (χ0v) is 13.3. The van der Waals surface area contributed by atoms with E-state index >= 15 is 0 Å². The Hall–Kier alpha value is -2.19. The van der Waals surface area contributed by atoms with Crippen molar-refractivity contribution in [3.63, 3.8) is 0 Å². The summed E-state index contributed by atoms with van der Waals surface area (Å²) in [7, 11) is 0. The van der Waals surface area contributed by atoms with Crippen molar-refractivity contribution in [1.29, 1.82) is 0 Å². The largest absolute Gasteiger partial charge is 0.319 e. The minimum absolute atomic E-state index is 0.287. The molecule has 2 aromatic heterocycles. The summed E-state index contributed by atoms with van der Waals surface area (Å²) in [5, 5.41) is 6.70. The van der Waals surface area contributed by atoms with Crippen molar-refractivity contribution >= 4 is 34.3 Å². The van der Waals surface area contributed by atoms with E-state index in [2.05, 4.69) is 10.3 Å². The van der Waals surface area contributed by atoms with E-state index in [0.717, 1.165) is 29.0 Å². The molecule has 3 rings (SSSR count). The first-order valence-corrected chi connectivity index (χ1v) is 8.18. The Labute approximate surface area is 137 Å². The number of amides is 1. The number of hydrogen-bond acceptors (Lipinski definition) is 4. The third-order valence-corrected chi connectivity index (χ3v) is 4.94. The fourth-order valence-corrected chi connectivity index (χ4v) is 3.59. The topological polar surface area (TPSA) is 42.0 Å². The standard InChI is InChI=1S/C15H9F3N2OS2/c1-7-13(23-15(19-7)8-4-5-22-6-8)14(21)20-10-3-2-9(16)11(17)12(10)18/h2-6H,1H3,(H,20,21). The number of carbonyl (C=O) groups is 1. The van der Waals surface area contributed by atoms with Crippen molar-refractivity contribution in [2.45, 2.75) is 6.92 Å². The Morgan fingerprint density at radius 2 is 1.96 bits per heavy atom. The van der Waals surface area contributed by atoms with E-state index in [0.29, 0.717) is 10.7 Å². The third kappa shape index (κ3) is 2.99. The van der Waals surface area contributed by atoms with Crippen molar-refractivity contribution in [2.75, 3.05) is 5.32 Å². The lowest BCUT2D eigenvalue weighted by Gasteiger charge is -2.06. The normalized spacial score (nSPS) is 10.8. The molecule has 0 saturated heterocycles. The van der Waals surface area contributed by atoms with Crippen molar-refractivity contribution in [3.8, 4) is 10.6 Å². The maximum atomic E-state index is 13.6. The van der Waals surface area contributed by atoms with Gasteiger partial charge in [-0.05, 0) is 30.5 Å². The molecule has 0 aliphatic heterocycles. The van der Waals surface area contributed by atoms with Crippen LogP contribution in [0.2, 0.25) is 0 Å². The fourth-order valence-electron chi connectivity index (χ4n) is 1.92. The van der Waals surface area contributed by atoms with Gasteiger partial charge in [0.2, 0.25) is 0 Å². The fraction of sp³-hybridized carbons (Fsp3) is 0.0667. The Morgan fingerprint density at radius 1 is 1.17 bits per heavy atom. The van der Waals surface area contributed by atoms with Gasteiger partial charge in [-0.15, -0.1) is 11.3 Å². The predicted octanol–water partition coefficient (Wildman–Crippen LogP) is 4.85. The summed E-state index contributed by atoms with van der Waals surface area (Å²) >= 11 is 2.66. The number of nitrogens with one attached hydrogen (secondary N) is 1. The summed E-state index contributed by atoms with van der Waals surface area (Å²) in [5.41, 5.74) is 0.955. The quantitative estimate of drug-likeness (QED) is 0.683. The first-order chi connectivity index (χ1) is 11.0. The zero-order valence-electron chi connectivity index (χ0n) is 11.7. The van der Waals surface area contributed by atoms with E-state index in [-0.39, 0.29) is 4.88 Å². The number of aryl methyl sites for hydroxylation is 1. The molecule has 3 nitrogen and oxygen atoms in total. The summed E-state index contributed by atoms with van der Waals surface area (Å²) in [5.74, 6) is -4.98. The highest BCUT2D eigenvalue weighted by molar-refractivity contribution is 7.17. The first-order valence-electron chi connectivity index (χ1n) is 6.42. The van der Waals surface area contributed by atoms with E-state index in [4.69, 9.17) is 0 Å². The molecule has 2 heterocycles. The molecular formula is C15H9F3N2OS2. The van der Waals surface area contributed by atoms with Gasteiger partial charge >= 0.3 is 0 Å². The van der Waals surface area contributed by atoms with E-state index < -0.39 is 29.0 Å². The van der Waals surface area contributed by atoms with Crippen LogP contribution in [0.15, 0.2) is 29.0 Å². The van der Waals surface area contributed by atoms with Crippen LogP contribution in [0, 0.1) is 24.4 Å². The second kappa shape index (κ2) is 6.13. The van der Waals surface area contributed by atoms with Gasteiger partial charge in [-0.2, -0.15) is 11.3 Å². The van der Waals surface area contributed by atoms with Gasteiger partial charge in [-0.1, -0.05) is 0 Å². The van der Waals surface area contributed by atoms with Crippen LogP contribution in [-0.4, -0.2) is 10.9 Å². The summed E-state index contributed by atoms with van der Waals surface area (Å²) in [6, 6.07) is 3.60. The van der Waals surface area contributed by atoms with Gasteiger partial charge < -0.3 is 5.32 Å². The molecule has 1 aromatic carbocycles. The lowest BCUT2D eigenvalue weighted by molar-refractivity contribution is 0.102. The van der Waals surface area contributed by atoms with Crippen LogP contribution in [0.4, 0.5) is 18.9 Å². The molecule has 0 radical (unpaired) electrons. The van der Waals surface area contributed by atoms with Crippen LogP contribution >= 0.6 is 22.7 Å². The van der Waals surface area contributed by atoms with Crippen molar-refractivity contribution in [3.05, 3.63) is 57.0 Å². The number of anilines is 1. The molecule has 0 fully saturated rings. The molecule has 0 unspecified atom stereocenters. The molecule has 0 atom stereocenters. The highest BCUT2D eigenvalue weighted by atomic mass is 32.1. The Morgan fingerprint density at radius 3 is 2.65 bits per heavy atom. The van der Waals surface area contributed by atoms with Gasteiger partial charge in [0.15, 0.2) is 17.5 Å². The lowest BCUT2D eigenvalue weighted by atomic mass is 10.2. The molecule has 0 saturated carbocycles. The SMILES string of the molecule is Cc1nc(-c2ccsc2)sc1C(=O)Nc1ccc(F)c(F)c1F. The van der Waals surface area contributed by atoms with Crippen molar-refractivity contribution in [2.24, 2.45) is 0 Å². The third-order valence-electron chi connectivity index (χ3n) is 3.05. The second-order valence-corrected chi connectivity index (χ2v) is 6.40. The maximum Gasteiger partial charge on any atom is 0.267 e. The van der Waals surface area contributed by atoms with Gasteiger partial charge in [0.1, 0.15) is 9.88 Å². The summed E-state index contributed by atoms with van der Waals surface area (Å²) in [4.78, 5) is 16.8. The van der Waals surface area contributed by atoms with Crippen LogP contribution in [0.3, 0.4) is 0 Å². The number of thiazole rings is 1. The molecule has 8 heteroatoms. The van der Waals surface area contributed by atoms with Gasteiger partial charge in [-0.3, -0.25) is 4.79 Å². The second-order valence-electron chi connectivity index (χ2n) is 4.62. The molecule has 1 N–H and O–H groups in total. The molecule has 23 heavy (non-hydrogen) atoms. The van der Waals surface area contributed by atoms with Gasteiger partial charge in [0.25, 0.3) is 5.91 Å². The van der Waals surface area contributed by atoms with Gasteiger partial charge in [-0.25, -0.2) is 18.2 Å². The number of nitrogens with zero attached hydrogens (tertiary/aromatic N) is 1. The number of benzene rings is 1. The van der Waals surface area contributed by atoms with E-state index in [1.54, 1.807) is 6.92 Å². The summed E-state index contributed by atoms with van der Waals surface area (Å²) in [6.07, 6.45) is 0. The number of hydrogen-bond donors (Lipinski definition) is 1. The smallest absolute Gasteiger partial charge is 0.267 e. The number of carbonyl (C=O) groups excluding carboxylic acids is 1. The lowest BCUT2D eigenvalue weighted by Crippen LogP contribution is -2.13. The average molecular weight is 354 g/mol. The molecule has 1 amide bonds. The van der Waals surface area contributed by atoms with E-state index in [1.165, 1.54) is 11.3 Å². The Bertz CT molecular complexity index is 875. The number of thiophene rings is 1. The van der Waals surface area contributed by atoms with E-state index in [9.17, 15) is 18.0 Å². The number of rotatable bonds is 3. The first kappa shape index (κ1) is 15.7. The number of aromatic nitrogens is 1. The molecule has 0 spiro atoms. The average Bonchev–Trinajstić information content (AvgIpc) is 3.17. The van der Waals surface area contributed by atoms with Crippen LogP contribution in [0.25, 0.3) is 10.6 Å². The minimum atomic E-state index is -1.62. The zero-order chi connectivity index (χ0) is 16.6. The molecule has 0 aliphatic rings. The summed E-state index contributed by atoms with van der Waals surface area (Å²) < 4.78 is 39.7. The Kier molecular flexibility index (Phi) is 4.18. The van der Waals surface area contributed by atoms with Crippen LogP contribution in [0.1, 0.15) is 15.4 Å². The molecule has 0 aliphatic carbocycles. The number of halogens is 3. The van der Waals surface area contributed by atoms with Gasteiger partial charge in [0, 0.05) is 10.9 Å². The van der Waals surface area contributed by atoms with E-state index in [1.807, 2.05) is 16.8 Å². The Balaban J connectivity index is 1.88. The van der Waals surface area contributed by atoms with Gasteiger partial charge in [0.05, 0.1) is 11.4 Å². The van der Waals surface area contributed by atoms with Crippen LogP contribution < -0.4 is 5.32 Å². The highest BCUT2D eigenvalue weighted by Gasteiger charge is 2.20. The highest BCUT2D eigenvalue weighted by Crippen LogP contribution is 2.30. The molecule has 118 valence electrons. The summed E-state index contributed by atoms with van der Waals surface area (Å²) in [6.45, 7) is 1.66. The van der Waals surface area contributed by atoms with Crippen molar-refractivity contribution < 1.29 is 18.0 Å². The predicted molar refractivity (Wildman–Crippen MR) is 84.4 cm³/mol. The maximum absolute atomic E-state index is 13.6. The van der Waals surface area contributed by atoms with Crippen LogP contribution in [0.5, 0.6) is 0 Å². The molecular weight excluding hydrogens is 345 g/mol. The minimum Gasteiger partial charge on any atom is -0.319 e. The van der Waals surface area contributed by atoms with Crippen molar-refractivity contribution in [1.82, 2.24) is 4.98 Å².